The van der Waals surface area contributed by atoms with Gasteiger partial charge in [0.15, 0.2) is 0 Å². The van der Waals surface area contributed by atoms with Crippen molar-refractivity contribution < 1.29 is 33.5 Å². The third kappa shape index (κ3) is 9.67. The predicted octanol–water partition coefficient (Wildman–Crippen LogP) is 3.22. The van der Waals surface area contributed by atoms with Crippen molar-refractivity contribution in [2.75, 3.05) is 13.1 Å². The van der Waals surface area contributed by atoms with Crippen molar-refractivity contribution >= 4 is 35.5 Å². The SMILES string of the molecule is CCCC(NC(=O)C1C2C(CN1C(=O)C(NC(=O)OC(C)(C)C)C1CCCCC1)C2(C)C)C(=O)C(=O)NCCC(=O)NC(C)(C)C. The minimum Gasteiger partial charge on any atom is -0.444 e. The summed E-state index contributed by atoms with van der Waals surface area (Å²) in [5.74, 6) is -2.79. The Kier molecular flexibility index (Phi) is 11.9. The molecule has 0 spiro atoms. The zero-order valence-electron chi connectivity index (χ0n) is 29.3. The smallest absolute Gasteiger partial charge is 0.408 e. The number of carbonyl (C=O) groups is 6. The van der Waals surface area contributed by atoms with Crippen molar-refractivity contribution in [1.82, 2.24) is 26.2 Å². The van der Waals surface area contributed by atoms with E-state index in [1.807, 2.05) is 27.7 Å². The molecular weight excluding hydrogens is 590 g/mol. The number of fused-ring (bicyclic) bond motifs is 1. The second-order valence-electron chi connectivity index (χ2n) is 15.9. The van der Waals surface area contributed by atoms with Crippen LogP contribution in [0.3, 0.4) is 0 Å². The van der Waals surface area contributed by atoms with E-state index in [1.54, 1.807) is 25.7 Å². The van der Waals surface area contributed by atoms with E-state index in [1.165, 1.54) is 0 Å². The Balaban J connectivity index is 1.75. The summed E-state index contributed by atoms with van der Waals surface area (Å²) in [6.07, 6.45) is 4.67. The number of nitrogens with zero attached hydrogens (tertiary/aromatic N) is 1. The van der Waals surface area contributed by atoms with E-state index in [0.717, 1.165) is 32.1 Å². The maximum Gasteiger partial charge on any atom is 0.408 e. The monoisotopic (exact) mass is 647 g/mol. The van der Waals surface area contributed by atoms with E-state index in [-0.39, 0.29) is 54.4 Å². The molecule has 0 aromatic rings. The minimum absolute atomic E-state index is 0.0118. The Morgan fingerprint density at radius 3 is 2.13 bits per heavy atom. The highest BCUT2D eigenvalue weighted by Crippen LogP contribution is 2.65. The van der Waals surface area contributed by atoms with Crippen molar-refractivity contribution in [3.8, 4) is 0 Å². The van der Waals surface area contributed by atoms with Crippen LogP contribution in [-0.2, 0) is 28.7 Å². The molecule has 1 saturated heterocycles. The van der Waals surface area contributed by atoms with Crippen molar-refractivity contribution in [1.29, 1.82) is 0 Å². The molecule has 1 heterocycles. The van der Waals surface area contributed by atoms with Gasteiger partial charge in [-0.1, -0.05) is 46.5 Å². The number of nitrogens with one attached hydrogen (secondary N) is 4. The topological polar surface area (TPSA) is 163 Å². The molecule has 0 aromatic heterocycles. The maximum absolute atomic E-state index is 14.3. The van der Waals surface area contributed by atoms with Crippen LogP contribution in [0.1, 0.15) is 114 Å². The number of hydrogen-bond acceptors (Lipinski definition) is 7. The number of Topliss-reactive ketones (excluding diaryl/α,β-unsaturated/α-hetero) is 1. The summed E-state index contributed by atoms with van der Waals surface area (Å²) < 4.78 is 5.50. The van der Waals surface area contributed by atoms with Crippen LogP contribution in [0.4, 0.5) is 4.79 Å². The van der Waals surface area contributed by atoms with Crippen molar-refractivity contribution in [2.45, 2.75) is 143 Å². The van der Waals surface area contributed by atoms with Gasteiger partial charge in [0.1, 0.15) is 17.7 Å². The van der Waals surface area contributed by atoms with Gasteiger partial charge in [-0.15, -0.1) is 0 Å². The number of rotatable bonds is 12. The molecule has 12 nitrogen and oxygen atoms in total. The largest absolute Gasteiger partial charge is 0.444 e. The quantitative estimate of drug-likeness (QED) is 0.236. The molecule has 2 saturated carbocycles. The summed E-state index contributed by atoms with van der Waals surface area (Å²) in [4.78, 5) is 80.8. The van der Waals surface area contributed by atoms with Crippen LogP contribution in [0.25, 0.3) is 0 Å². The number of alkyl carbamates (subject to hydrolysis) is 1. The van der Waals surface area contributed by atoms with Gasteiger partial charge >= 0.3 is 6.09 Å². The molecule has 5 amide bonds. The number of carbonyl (C=O) groups excluding carboxylic acids is 6. The summed E-state index contributed by atoms with van der Waals surface area (Å²) in [5, 5.41) is 11.0. The first-order valence-electron chi connectivity index (χ1n) is 17.0. The molecule has 0 bridgehead atoms. The average Bonchev–Trinajstić information content (AvgIpc) is 3.25. The van der Waals surface area contributed by atoms with Crippen molar-refractivity contribution in [2.24, 2.45) is 23.2 Å². The summed E-state index contributed by atoms with van der Waals surface area (Å²) in [6, 6.07) is -2.75. The van der Waals surface area contributed by atoms with Crippen molar-refractivity contribution in [3.63, 3.8) is 0 Å². The lowest BCUT2D eigenvalue weighted by Gasteiger charge is -2.37. The maximum atomic E-state index is 14.3. The molecule has 3 aliphatic rings. The van der Waals surface area contributed by atoms with Crippen LogP contribution in [0.5, 0.6) is 0 Å². The third-order valence-corrected chi connectivity index (χ3v) is 9.41. The van der Waals surface area contributed by atoms with Gasteiger partial charge in [-0.2, -0.15) is 0 Å². The van der Waals surface area contributed by atoms with E-state index < -0.39 is 53.0 Å². The fraction of sp³-hybridized carbons (Fsp3) is 0.824. The van der Waals surface area contributed by atoms with Gasteiger partial charge in [0.2, 0.25) is 23.5 Å². The summed E-state index contributed by atoms with van der Waals surface area (Å²) >= 11 is 0. The van der Waals surface area contributed by atoms with Crippen molar-refractivity contribution in [3.05, 3.63) is 0 Å². The van der Waals surface area contributed by atoms with Gasteiger partial charge in [-0.3, -0.25) is 24.0 Å². The predicted molar refractivity (Wildman–Crippen MR) is 173 cm³/mol. The van der Waals surface area contributed by atoms with Crippen LogP contribution < -0.4 is 21.3 Å². The molecule has 3 fully saturated rings. The van der Waals surface area contributed by atoms with E-state index in [9.17, 15) is 28.8 Å². The summed E-state index contributed by atoms with van der Waals surface area (Å²) in [5.41, 5.74) is -1.33. The molecule has 0 radical (unpaired) electrons. The van der Waals surface area contributed by atoms with E-state index in [0.29, 0.717) is 13.0 Å². The molecule has 5 atom stereocenters. The Bertz CT molecular complexity index is 1170. The van der Waals surface area contributed by atoms with Crippen LogP contribution >= 0.6 is 0 Å². The van der Waals surface area contributed by atoms with Gasteiger partial charge in [-0.25, -0.2) is 4.79 Å². The second kappa shape index (κ2) is 14.7. The normalized spacial score (nSPS) is 23.8. The highest BCUT2D eigenvalue weighted by molar-refractivity contribution is 6.38. The van der Waals surface area contributed by atoms with Crippen LogP contribution in [0.2, 0.25) is 0 Å². The van der Waals surface area contributed by atoms with Gasteiger partial charge < -0.3 is 30.9 Å². The number of piperidine rings is 1. The standard InChI is InChI=1S/C34H57N5O7/c1-10-14-22(27(41)29(43)35-18-17-23(40)38-32(2,3)4)36-28(42)26-24-21(34(24,8)9)19-39(26)30(44)25(20-15-12-11-13-16-20)37-31(45)46-33(5,6)7/h20-22,24-26H,10-19H2,1-9H3,(H,35,43)(H,36,42)(H,37,45)(H,38,40). The molecular formula is C34H57N5O7. The van der Waals surface area contributed by atoms with Crippen LogP contribution in [0, 0.1) is 23.2 Å². The Labute approximate surface area is 274 Å². The van der Waals surface area contributed by atoms with Gasteiger partial charge in [0, 0.05) is 25.0 Å². The first-order chi connectivity index (χ1) is 21.3. The highest BCUT2D eigenvalue weighted by Gasteiger charge is 2.69. The number of likely N-dealkylation sites (tertiary alicyclic amines) is 1. The number of ether oxygens (including phenoxy) is 1. The van der Waals surface area contributed by atoms with E-state index >= 15 is 0 Å². The number of ketones is 1. The lowest BCUT2D eigenvalue weighted by molar-refractivity contribution is -0.145. The molecule has 1 aliphatic heterocycles. The van der Waals surface area contributed by atoms with E-state index in [4.69, 9.17) is 4.74 Å². The molecule has 3 rings (SSSR count). The molecule has 12 heteroatoms. The first kappa shape index (κ1) is 37.3. The number of hydrogen-bond donors (Lipinski definition) is 4. The Morgan fingerprint density at radius 2 is 1.57 bits per heavy atom. The molecule has 0 aromatic carbocycles. The second-order valence-corrected chi connectivity index (χ2v) is 15.9. The third-order valence-electron chi connectivity index (χ3n) is 9.41. The van der Waals surface area contributed by atoms with E-state index in [2.05, 4.69) is 35.1 Å². The lowest BCUT2D eigenvalue weighted by Crippen LogP contribution is -2.59. The van der Waals surface area contributed by atoms with Crippen LogP contribution in [0.15, 0.2) is 0 Å². The number of amides is 5. The molecule has 260 valence electrons. The first-order valence-corrected chi connectivity index (χ1v) is 17.0. The molecule has 5 unspecified atom stereocenters. The van der Waals surface area contributed by atoms with Gasteiger partial charge in [-0.05, 0) is 84.0 Å². The summed E-state index contributed by atoms with van der Waals surface area (Å²) in [7, 11) is 0. The zero-order valence-corrected chi connectivity index (χ0v) is 29.3. The fourth-order valence-corrected chi connectivity index (χ4v) is 7.11. The Hall–Kier alpha value is -3.18. The van der Waals surface area contributed by atoms with Crippen LogP contribution in [-0.4, -0.2) is 82.8 Å². The molecule has 4 N–H and O–H groups in total. The minimum atomic E-state index is -1.08. The zero-order chi connectivity index (χ0) is 34.6. The summed E-state index contributed by atoms with van der Waals surface area (Å²) in [6.45, 7) is 17.2. The molecule has 46 heavy (non-hydrogen) atoms. The Morgan fingerprint density at radius 1 is 0.935 bits per heavy atom. The average molecular weight is 648 g/mol. The fourth-order valence-electron chi connectivity index (χ4n) is 7.11. The molecule has 2 aliphatic carbocycles. The van der Waals surface area contributed by atoms with Gasteiger partial charge in [0.05, 0.1) is 6.04 Å². The highest BCUT2D eigenvalue weighted by atomic mass is 16.6. The van der Waals surface area contributed by atoms with Gasteiger partial charge in [0.25, 0.3) is 5.91 Å². The lowest BCUT2D eigenvalue weighted by atomic mass is 9.83.